The monoisotopic (exact) mass is 299 g/mol. The van der Waals surface area contributed by atoms with Crippen LogP contribution in [0.1, 0.15) is 15.9 Å². The lowest BCUT2D eigenvalue weighted by Gasteiger charge is -2.19. The van der Waals surface area contributed by atoms with Gasteiger partial charge in [0.25, 0.3) is 5.91 Å². The second-order valence-electron chi connectivity index (χ2n) is 4.47. The zero-order chi connectivity index (χ0) is 15.4. The molecule has 1 N–H and O–H groups in total. The molecule has 0 saturated carbocycles. The van der Waals surface area contributed by atoms with Crippen molar-refractivity contribution in [1.29, 1.82) is 5.26 Å². The van der Waals surface area contributed by atoms with Gasteiger partial charge in [-0.1, -0.05) is 17.7 Å². The summed E-state index contributed by atoms with van der Waals surface area (Å²) >= 11 is 5.97. The number of carbonyl (C=O) groups excluding carboxylic acids is 1. The predicted molar refractivity (Wildman–Crippen MR) is 84.9 cm³/mol. The van der Waals surface area contributed by atoms with Gasteiger partial charge in [-0.25, -0.2) is 0 Å². The highest BCUT2D eigenvalue weighted by Gasteiger charge is 2.17. The molecule has 4 nitrogen and oxygen atoms in total. The maximum absolute atomic E-state index is 12.6. The molecule has 0 heterocycles. The van der Waals surface area contributed by atoms with E-state index in [1.807, 2.05) is 0 Å². The molecule has 21 heavy (non-hydrogen) atoms. The van der Waals surface area contributed by atoms with Crippen molar-refractivity contribution in [3.63, 3.8) is 0 Å². The Bertz CT molecular complexity index is 722. The number of nitrogens with one attached hydrogen (secondary N) is 1. The van der Waals surface area contributed by atoms with E-state index in [1.165, 1.54) is 4.90 Å². The second-order valence-corrected chi connectivity index (χ2v) is 4.90. The SMILES string of the molecule is CNc1ccc(Cl)cc1C(=O)N(C)c1cccc(C#N)c1. The van der Waals surface area contributed by atoms with Crippen LogP contribution in [0.25, 0.3) is 0 Å². The summed E-state index contributed by atoms with van der Waals surface area (Å²) in [5, 5.41) is 12.4. The van der Waals surface area contributed by atoms with Gasteiger partial charge in [-0.3, -0.25) is 4.79 Å². The molecule has 0 aliphatic carbocycles. The van der Waals surface area contributed by atoms with Gasteiger partial charge in [0.2, 0.25) is 0 Å². The Balaban J connectivity index is 2.39. The molecule has 0 aliphatic heterocycles. The van der Waals surface area contributed by atoms with Crippen molar-refractivity contribution in [2.45, 2.75) is 0 Å². The second kappa shape index (κ2) is 6.29. The first-order valence-electron chi connectivity index (χ1n) is 6.32. The summed E-state index contributed by atoms with van der Waals surface area (Å²) in [6.45, 7) is 0. The van der Waals surface area contributed by atoms with Gasteiger partial charge in [-0.15, -0.1) is 0 Å². The van der Waals surface area contributed by atoms with Gasteiger partial charge in [-0.05, 0) is 36.4 Å². The lowest BCUT2D eigenvalue weighted by atomic mass is 10.1. The largest absolute Gasteiger partial charge is 0.387 e. The number of hydrogen-bond donors (Lipinski definition) is 1. The highest BCUT2D eigenvalue weighted by atomic mass is 35.5. The van der Waals surface area contributed by atoms with Crippen molar-refractivity contribution in [3.05, 3.63) is 58.6 Å². The molecule has 0 unspecified atom stereocenters. The van der Waals surface area contributed by atoms with Gasteiger partial charge in [-0.2, -0.15) is 5.26 Å². The smallest absolute Gasteiger partial charge is 0.260 e. The number of anilines is 2. The van der Waals surface area contributed by atoms with Crippen LogP contribution in [-0.2, 0) is 0 Å². The molecule has 0 atom stereocenters. The lowest BCUT2D eigenvalue weighted by Crippen LogP contribution is -2.27. The van der Waals surface area contributed by atoms with Crippen LogP contribution in [0, 0.1) is 11.3 Å². The quantitative estimate of drug-likeness (QED) is 0.943. The van der Waals surface area contributed by atoms with Crippen molar-refractivity contribution >= 4 is 28.9 Å². The number of carbonyl (C=O) groups is 1. The number of nitriles is 1. The van der Waals surface area contributed by atoms with Crippen molar-refractivity contribution in [1.82, 2.24) is 0 Å². The van der Waals surface area contributed by atoms with Crippen LogP contribution in [0.2, 0.25) is 5.02 Å². The molecule has 2 aromatic rings. The summed E-state index contributed by atoms with van der Waals surface area (Å²) in [5.41, 5.74) is 2.34. The third kappa shape index (κ3) is 3.15. The summed E-state index contributed by atoms with van der Waals surface area (Å²) in [6.07, 6.45) is 0. The summed E-state index contributed by atoms with van der Waals surface area (Å²) < 4.78 is 0. The van der Waals surface area contributed by atoms with Gasteiger partial charge in [0.1, 0.15) is 0 Å². The molecule has 0 aromatic heterocycles. The molecule has 0 saturated heterocycles. The number of halogens is 1. The lowest BCUT2D eigenvalue weighted by molar-refractivity contribution is 0.0994. The van der Waals surface area contributed by atoms with Crippen molar-refractivity contribution < 1.29 is 4.79 Å². The first kappa shape index (κ1) is 14.9. The highest BCUT2D eigenvalue weighted by Crippen LogP contribution is 2.24. The molecule has 106 valence electrons. The van der Waals surface area contributed by atoms with Crippen LogP contribution in [0.3, 0.4) is 0 Å². The first-order valence-corrected chi connectivity index (χ1v) is 6.70. The minimum atomic E-state index is -0.197. The summed E-state index contributed by atoms with van der Waals surface area (Å²) in [7, 11) is 3.41. The molecule has 0 fully saturated rings. The van der Waals surface area contributed by atoms with E-state index in [1.54, 1.807) is 56.6 Å². The fourth-order valence-electron chi connectivity index (χ4n) is 1.99. The van der Waals surface area contributed by atoms with E-state index < -0.39 is 0 Å². The molecule has 1 amide bonds. The third-order valence-corrected chi connectivity index (χ3v) is 3.38. The van der Waals surface area contributed by atoms with Gasteiger partial charge in [0.15, 0.2) is 0 Å². The maximum Gasteiger partial charge on any atom is 0.260 e. The summed E-state index contributed by atoms with van der Waals surface area (Å²) in [5.74, 6) is -0.197. The van der Waals surface area contributed by atoms with Crippen molar-refractivity contribution in [2.75, 3.05) is 24.3 Å². The van der Waals surface area contributed by atoms with Gasteiger partial charge >= 0.3 is 0 Å². The molecular weight excluding hydrogens is 286 g/mol. The summed E-state index contributed by atoms with van der Waals surface area (Å²) in [4.78, 5) is 14.1. The summed E-state index contributed by atoms with van der Waals surface area (Å²) in [6, 6.07) is 14.1. The normalized spacial score (nSPS) is 9.81. The standard InChI is InChI=1S/C16H14ClN3O/c1-19-15-7-6-12(17)9-14(15)16(21)20(2)13-5-3-4-11(8-13)10-18/h3-9,19H,1-2H3. The molecule has 0 radical (unpaired) electrons. The Kier molecular flexibility index (Phi) is 4.46. The van der Waals surface area contributed by atoms with Crippen molar-refractivity contribution in [3.8, 4) is 6.07 Å². The molecule has 2 aromatic carbocycles. The fraction of sp³-hybridized carbons (Fsp3) is 0.125. The van der Waals surface area contributed by atoms with Gasteiger partial charge in [0, 0.05) is 30.5 Å². The number of amides is 1. The molecule has 0 bridgehead atoms. The van der Waals surface area contributed by atoms with E-state index in [0.29, 0.717) is 27.5 Å². The van der Waals surface area contributed by atoms with E-state index in [4.69, 9.17) is 16.9 Å². The third-order valence-electron chi connectivity index (χ3n) is 3.15. The van der Waals surface area contributed by atoms with Crippen molar-refractivity contribution in [2.24, 2.45) is 0 Å². The predicted octanol–water partition coefficient (Wildman–Crippen LogP) is 3.53. The van der Waals surface area contributed by atoms with Gasteiger partial charge < -0.3 is 10.2 Å². The zero-order valence-electron chi connectivity index (χ0n) is 11.7. The Morgan fingerprint density at radius 1 is 1.29 bits per heavy atom. The number of rotatable bonds is 3. The Morgan fingerprint density at radius 3 is 2.71 bits per heavy atom. The first-order chi connectivity index (χ1) is 10.1. The van der Waals surface area contributed by atoms with Crippen LogP contribution < -0.4 is 10.2 Å². The highest BCUT2D eigenvalue weighted by molar-refractivity contribution is 6.31. The minimum absolute atomic E-state index is 0.197. The zero-order valence-corrected chi connectivity index (χ0v) is 12.5. The van der Waals surface area contributed by atoms with Crippen LogP contribution >= 0.6 is 11.6 Å². The van der Waals surface area contributed by atoms with E-state index in [9.17, 15) is 4.79 Å². The molecule has 0 aliphatic rings. The Labute approximate surface area is 128 Å². The van der Waals surface area contributed by atoms with E-state index >= 15 is 0 Å². The Morgan fingerprint density at radius 2 is 2.05 bits per heavy atom. The minimum Gasteiger partial charge on any atom is -0.387 e. The maximum atomic E-state index is 12.6. The van der Waals surface area contributed by atoms with Crippen LogP contribution in [-0.4, -0.2) is 20.0 Å². The average Bonchev–Trinajstić information content (AvgIpc) is 2.53. The average molecular weight is 300 g/mol. The molecule has 0 spiro atoms. The van der Waals surface area contributed by atoms with Crippen LogP contribution in [0.15, 0.2) is 42.5 Å². The molecule has 2 rings (SSSR count). The van der Waals surface area contributed by atoms with E-state index in [-0.39, 0.29) is 5.91 Å². The molecular formula is C16H14ClN3O. The van der Waals surface area contributed by atoms with E-state index in [0.717, 1.165) is 0 Å². The molecule has 5 heteroatoms. The number of hydrogen-bond acceptors (Lipinski definition) is 3. The van der Waals surface area contributed by atoms with Crippen LogP contribution in [0.4, 0.5) is 11.4 Å². The number of benzene rings is 2. The van der Waals surface area contributed by atoms with Crippen LogP contribution in [0.5, 0.6) is 0 Å². The van der Waals surface area contributed by atoms with Gasteiger partial charge in [0.05, 0.1) is 17.2 Å². The number of nitrogens with zero attached hydrogens (tertiary/aromatic N) is 2. The fourth-order valence-corrected chi connectivity index (χ4v) is 2.17. The topological polar surface area (TPSA) is 56.1 Å². The Hall–Kier alpha value is -2.51. The van der Waals surface area contributed by atoms with E-state index in [2.05, 4.69) is 11.4 Å².